The molecule has 4 heteroatoms. The molecular formula is C17H25N3O. The first-order chi connectivity index (χ1) is 10.1. The summed E-state index contributed by atoms with van der Waals surface area (Å²) in [6, 6.07) is 5.62. The second-order valence-corrected chi connectivity index (χ2v) is 6.58. The summed E-state index contributed by atoms with van der Waals surface area (Å²) in [6.45, 7) is 5.24. The lowest BCUT2D eigenvalue weighted by Crippen LogP contribution is -2.26. The Morgan fingerprint density at radius 1 is 1.33 bits per heavy atom. The van der Waals surface area contributed by atoms with Gasteiger partial charge in [-0.3, -0.25) is 4.79 Å². The van der Waals surface area contributed by atoms with Crippen molar-refractivity contribution < 1.29 is 4.79 Å². The standard InChI is InChI=1S/C17H25N3O/c1-12-5-6-15(18)9-16(12)19-17(21)7-8-20-10-13-3-2-4-14(13)11-20/h5-6,9,13-14H,2-4,7-8,10-11,18H2,1H3,(H,19,21). The lowest BCUT2D eigenvalue weighted by atomic mass is 10.0. The number of nitrogens with zero attached hydrogens (tertiary/aromatic N) is 1. The third-order valence-electron chi connectivity index (χ3n) is 4.99. The van der Waals surface area contributed by atoms with Gasteiger partial charge in [-0.15, -0.1) is 0 Å². The summed E-state index contributed by atoms with van der Waals surface area (Å²) in [5.41, 5.74) is 8.33. The number of nitrogens with one attached hydrogen (secondary N) is 1. The van der Waals surface area contributed by atoms with Crippen LogP contribution in [0.2, 0.25) is 0 Å². The predicted molar refractivity (Wildman–Crippen MR) is 86.1 cm³/mol. The van der Waals surface area contributed by atoms with Crippen molar-refractivity contribution >= 4 is 17.3 Å². The molecule has 0 aromatic heterocycles. The number of likely N-dealkylation sites (tertiary alicyclic amines) is 1. The van der Waals surface area contributed by atoms with E-state index < -0.39 is 0 Å². The lowest BCUT2D eigenvalue weighted by Gasteiger charge is -2.16. The Hall–Kier alpha value is -1.55. The number of hydrogen-bond acceptors (Lipinski definition) is 3. The fraction of sp³-hybridized carbons (Fsp3) is 0.588. The van der Waals surface area contributed by atoms with Crippen LogP contribution < -0.4 is 11.1 Å². The van der Waals surface area contributed by atoms with E-state index in [0.717, 1.165) is 29.6 Å². The van der Waals surface area contributed by atoms with Gasteiger partial charge in [-0.05, 0) is 49.3 Å². The molecule has 114 valence electrons. The molecule has 1 aromatic rings. The molecule has 1 aromatic carbocycles. The molecule has 3 N–H and O–H groups in total. The van der Waals surface area contributed by atoms with Crippen molar-refractivity contribution in [3.63, 3.8) is 0 Å². The summed E-state index contributed by atoms with van der Waals surface area (Å²) in [6.07, 6.45) is 4.73. The van der Waals surface area contributed by atoms with Gasteiger partial charge in [-0.25, -0.2) is 0 Å². The van der Waals surface area contributed by atoms with E-state index >= 15 is 0 Å². The fourth-order valence-electron chi connectivity index (χ4n) is 3.76. The van der Waals surface area contributed by atoms with Gasteiger partial charge < -0.3 is 16.0 Å². The Morgan fingerprint density at radius 2 is 2.05 bits per heavy atom. The molecule has 21 heavy (non-hydrogen) atoms. The summed E-state index contributed by atoms with van der Waals surface area (Å²) in [4.78, 5) is 14.6. The first kappa shape index (κ1) is 14.4. The summed E-state index contributed by atoms with van der Waals surface area (Å²) in [7, 11) is 0. The highest BCUT2D eigenvalue weighted by molar-refractivity contribution is 5.92. The van der Waals surface area contributed by atoms with Crippen molar-refractivity contribution in [3.05, 3.63) is 23.8 Å². The van der Waals surface area contributed by atoms with Gasteiger partial charge >= 0.3 is 0 Å². The Bertz CT molecular complexity index is 517. The second kappa shape index (κ2) is 6.06. The zero-order valence-electron chi connectivity index (χ0n) is 12.8. The molecule has 2 fully saturated rings. The summed E-state index contributed by atoms with van der Waals surface area (Å²) < 4.78 is 0. The minimum Gasteiger partial charge on any atom is -0.399 e. The van der Waals surface area contributed by atoms with Crippen LogP contribution in [0.15, 0.2) is 18.2 Å². The maximum atomic E-state index is 12.1. The van der Waals surface area contributed by atoms with Crippen molar-refractivity contribution in [3.8, 4) is 0 Å². The second-order valence-electron chi connectivity index (χ2n) is 6.58. The first-order valence-corrected chi connectivity index (χ1v) is 8.00. The van der Waals surface area contributed by atoms with Crippen molar-refractivity contribution in [2.75, 3.05) is 30.7 Å². The van der Waals surface area contributed by atoms with Crippen LogP contribution >= 0.6 is 0 Å². The average molecular weight is 287 g/mol. The molecule has 1 saturated heterocycles. The fourth-order valence-corrected chi connectivity index (χ4v) is 3.76. The van der Waals surface area contributed by atoms with Gasteiger partial charge in [0.15, 0.2) is 0 Å². The van der Waals surface area contributed by atoms with E-state index in [2.05, 4.69) is 10.2 Å². The molecule has 1 aliphatic heterocycles. The van der Waals surface area contributed by atoms with Crippen LogP contribution in [0.4, 0.5) is 11.4 Å². The highest BCUT2D eigenvalue weighted by Gasteiger charge is 2.35. The topological polar surface area (TPSA) is 58.4 Å². The maximum Gasteiger partial charge on any atom is 0.225 e. The Morgan fingerprint density at radius 3 is 2.76 bits per heavy atom. The molecule has 0 radical (unpaired) electrons. The van der Waals surface area contributed by atoms with E-state index in [-0.39, 0.29) is 5.91 Å². The number of carbonyl (C=O) groups excluding carboxylic acids is 1. The Kier molecular flexibility index (Phi) is 4.15. The SMILES string of the molecule is Cc1ccc(N)cc1NC(=O)CCN1CC2CCCC2C1. The third-order valence-corrected chi connectivity index (χ3v) is 4.99. The van der Waals surface area contributed by atoms with Crippen LogP contribution in [0.1, 0.15) is 31.2 Å². The van der Waals surface area contributed by atoms with E-state index in [4.69, 9.17) is 5.73 Å². The van der Waals surface area contributed by atoms with Crippen LogP contribution in [0.25, 0.3) is 0 Å². The van der Waals surface area contributed by atoms with Gasteiger partial charge in [0.25, 0.3) is 0 Å². The largest absolute Gasteiger partial charge is 0.399 e. The predicted octanol–water partition coefficient (Wildman–Crippen LogP) is 2.64. The number of rotatable bonds is 4. The van der Waals surface area contributed by atoms with Crippen molar-refractivity contribution in [2.45, 2.75) is 32.6 Å². The maximum absolute atomic E-state index is 12.1. The highest BCUT2D eigenvalue weighted by atomic mass is 16.1. The number of nitrogens with two attached hydrogens (primary N) is 1. The van der Waals surface area contributed by atoms with Crippen LogP contribution in [0.5, 0.6) is 0 Å². The number of benzene rings is 1. The molecule has 1 aliphatic carbocycles. The quantitative estimate of drug-likeness (QED) is 0.837. The summed E-state index contributed by atoms with van der Waals surface area (Å²) >= 11 is 0. The molecular weight excluding hydrogens is 262 g/mol. The monoisotopic (exact) mass is 287 g/mol. The molecule has 2 atom stereocenters. The molecule has 3 rings (SSSR count). The number of anilines is 2. The van der Waals surface area contributed by atoms with Crippen molar-refractivity contribution in [2.24, 2.45) is 11.8 Å². The van der Waals surface area contributed by atoms with Crippen molar-refractivity contribution in [1.29, 1.82) is 0 Å². The first-order valence-electron chi connectivity index (χ1n) is 8.00. The number of aryl methyl sites for hydroxylation is 1. The summed E-state index contributed by atoms with van der Waals surface area (Å²) in [5.74, 6) is 1.87. The van der Waals surface area contributed by atoms with Crippen LogP contribution in [0, 0.1) is 18.8 Å². The minimum absolute atomic E-state index is 0.0840. The molecule has 1 heterocycles. The Balaban J connectivity index is 1.47. The van der Waals surface area contributed by atoms with Gasteiger partial charge in [0, 0.05) is 37.4 Å². The molecule has 1 amide bonds. The van der Waals surface area contributed by atoms with Gasteiger partial charge in [-0.1, -0.05) is 12.5 Å². The summed E-state index contributed by atoms with van der Waals surface area (Å²) in [5, 5.41) is 2.98. The molecule has 2 aliphatic rings. The van der Waals surface area contributed by atoms with Crippen LogP contribution in [-0.2, 0) is 4.79 Å². The van der Waals surface area contributed by atoms with Gasteiger partial charge in [0.05, 0.1) is 0 Å². The van der Waals surface area contributed by atoms with Crippen molar-refractivity contribution in [1.82, 2.24) is 4.90 Å². The molecule has 0 spiro atoms. The van der Waals surface area contributed by atoms with E-state index in [1.807, 2.05) is 25.1 Å². The van der Waals surface area contributed by atoms with E-state index in [1.54, 1.807) is 0 Å². The lowest BCUT2D eigenvalue weighted by molar-refractivity contribution is -0.116. The number of fused-ring (bicyclic) bond motifs is 1. The third kappa shape index (κ3) is 3.38. The molecule has 1 saturated carbocycles. The van der Waals surface area contributed by atoms with E-state index in [9.17, 15) is 4.79 Å². The smallest absolute Gasteiger partial charge is 0.225 e. The number of amides is 1. The minimum atomic E-state index is 0.0840. The molecule has 2 unspecified atom stereocenters. The van der Waals surface area contributed by atoms with E-state index in [1.165, 1.54) is 32.4 Å². The van der Waals surface area contributed by atoms with Gasteiger partial charge in [0.1, 0.15) is 0 Å². The zero-order chi connectivity index (χ0) is 14.8. The van der Waals surface area contributed by atoms with Crippen LogP contribution in [-0.4, -0.2) is 30.4 Å². The molecule has 4 nitrogen and oxygen atoms in total. The van der Waals surface area contributed by atoms with Crippen LogP contribution in [0.3, 0.4) is 0 Å². The van der Waals surface area contributed by atoms with E-state index in [0.29, 0.717) is 12.1 Å². The molecule has 0 bridgehead atoms. The zero-order valence-corrected chi connectivity index (χ0v) is 12.8. The number of carbonyl (C=O) groups is 1. The van der Waals surface area contributed by atoms with Gasteiger partial charge in [-0.2, -0.15) is 0 Å². The number of hydrogen-bond donors (Lipinski definition) is 2. The Labute approximate surface area is 126 Å². The average Bonchev–Trinajstić information content (AvgIpc) is 3.01. The normalized spacial score (nSPS) is 25.0. The highest BCUT2D eigenvalue weighted by Crippen LogP contribution is 2.37. The van der Waals surface area contributed by atoms with Gasteiger partial charge in [0.2, 0.25) is 5.91 Å². The number of nitrogen functional groups attached to an aromatic ring is 1.